The van der Waals surface area contributed by atoms with Crippen molar-refractivity contribution in [2.45, 2.75) is 32.2 Å². The molecule has 3 rings (SSSR count). The zero-order chi connectivity index (χ0) is 24.9. The summed E-state index contributed by atoms with van der Waals surface area (Å²) >= 11 is 0. The fourth-order valence-corrected chi connectivity index (χ4v) is 4.91. The molecule has 186 valence electrons. The van der Waals surface area contributed by atoms with Gasteiger partial charge in [-0.3, -0.25) is 14.0 Å². The van der Waals surface area contributed by atoms with Crippen LogP contribution in [0.1, 0.15) is 23.6 Å². The number of morpholine rings is 1. The van der Waals surface area contributed by atoms with Crippen LogP contribution in [0.3, 0.4) is 0 Å². The summed E-state index contributed by atoms with van der Waals surface area (Å²) in [6.45, 7) is 5.47. The topological polar surface area (TPSA) is 79.0 Å². The highest BCUT2D eigenvalue weighted by molar-refractivity contribution is 7.92. The molecular weight excluding hydrogens is 471 g/mol. The highest BCUT2D eigenvalue weighted by Crippen LogP contribution is 2.32. The molecule has 0 aromatic heterocycles. The smallest absolute Gasteiger partial charge is 0.379 e. The van der Waals surface area contributed by atoms with Crippen molar-refractivity contribution < 1.29 is 31.1 Å². The first-order valence-electron chi connectivity index (χ1n) is 10.8. The number of alkyl halides is 3. The minimum absolute atomic E-state index is 0.154. The predicted molar refractivity (Wildman–Crippen MR) is 123 cm³/mol. The van der Waals surface area contributed by atoms with E-state index in [1.54, 1.807) is 0 Å². The quantitative estimate of drug-likeness (QED) is 0.604. The van der Waals surface area contributed by atoms with Crippen LogP contribution in [0.5, 0.6) is 0 Å². The number of anilines is 1. The highest BCUT2D eigenvalue weighted by Gasteiger charge is 2.34. The van der Waals surface area contributed by atoms with E-state index in [9.17, 15) is 26.4 Å². The van der Waals surface area contributed by atoms with Crippen LogP contribution in [0.4, 0.5) is 18.9 Å². The molecule has 1 heterocycles. The summed E-state index contributed by atoms with van der Waals surface area (Å²) in [7, 11) is -4.04. The van der Waals surface area contributed by atoms with Crippen molar-refractivity contribution in [2.75, 3.05) is 36.9 Å². The van der Waals surface area contributed by atoms with Crippen LogP contribution >= 0.6 is 0 Å². The Labute approximate surface area is 197 Å². The molecule has 1 unspecified atom stereocenters. The zero-order valence-corrected chi connectivity index (χ0v) is 19.8. The molecule has 2 aromatic rings. The van der Waals surface area contributed by atoms with E-state index in [0.717, 1.165) is 55.2 Å². The summed E-state index contributed by atoms with van der Waals surface area (Å²) in [6, 6.07) is 10.3. The third-order valence-electron chi connectivity index (χ3n) is 5.52. The van der Waals surface area contributed by atoms with E-state index in [1.165, 1.54) is 13.0 Å². The maximum Gasteiger partial charge on any atom is 0.416 e. The summed E-state index contributed by atoms with van der Waals surface area (Å²) in [5.74, 6) is -0.625. The Bertz CT molecular complexity index is 1090. The fraction of sp³-hybridized carbons (Fsp3) is 0.435. The van der Waals surface area contributed by atoms with Crippen LogP contribution in [0.25, 0.3) is 0 Å². The molecule has 1 aliphatic heterocycles. The number of sulfonamides is 1. The first-order chi connectivity index (χ1) is 15.9. The second kappa shape index (κ2) is 10.7. The van der Waals surface area contributed by atoms with Gasteiger partial charge in [0, 0.05) is 26.2 Å². The lowest BCUT2D eigenvalue weighted by molar-refractivity contribution is -0.137. The second-order valence-electron chi connectivity index (χ2n) is 8.21. The number of carbonyl (C=O) groups is 1. The van der Waals surface area contributed by atoms with Gasteiger partial charge in [0.05, 0.1) is 30.7 Å². The number of rotatable bonds is 8. The molecular formula is C23H28F3N3O4S. The van der Waals surface area contributed by atoms with Gasteiger partial charge in [0.1, 0.15) is 6.04 Å². The van der Waals surface area contributed by atoms with Crippen molar-refractivity contribution in [2.24, 2.45) is 0 Å². The van der Waals surface area contributed by atoms with Gasteiger partial charge in [-0.25, -0.2) is 8.42 Å². The Morgan fingerprint density at radius 1 is 1.12 bits per heavy atom. The number of carbonyl (C=O) groups excluding carboxylic acids is 1. The van der Waals surface area contributed by atoms with E-state index in [0.29, 0.717) is 17.5 Å². The van der Waals surface area contributed by atoms with Crippen LogP contribution in [0.2, 0.25) is 0 Å². The highest BCUT2D eigenvalue weighted by atomic mass is 32.2. The van der Waals surface area contributed by atoms with E-state index in [4.69, 9.17) is 4.74 Å². The average molecular weight is 500 g/mol. The molecule has 1 N–H and O–H groups in total. The second-order valence-corrected chi connectivity index (χ2v) is 10.1. The van der Waals surface area contributed by atoms with Gasteiger partial charge in [0.2, 0.25) is 15.9 Å². The summed E-state index contributed by atoms with van der Waals surface area (Å²) in [4.78, 5) is 15.0. The number of nitrogens with one attached hydrogen (secondary N) is 1. The molecule has 1 amide bonds. The molecule has 2 aromatic carbocycles. The van der Waals surface area contributed by atoms with Crippen molar-refractivity contribution >= 4 is 21.6 Å². The summed E-state index contributed by atoms with van der Waals surface area (Å²) < 4.78 is 70.1. The lowest BCUT2D eigenvalue weighted by atomic mass is 10.1. The Morgan fingerprint density at radius 3 is 2.32 bits per heavy atom. The lowest BCUT2D eigenvalue weighted by Crippen LogP contribution is -2.47. The SMILES string of the molecule is CC(C(=O)NCc1ccc(CN2CCOCC2)cc1)N(c1cccc(C(F)(F)F)c1)S(C)(=O)=O. The first-order valence-corrected chi connectivity index (χ1v) is 12.6. The number of hydrogen-bond donors (Lipinski definition) is 1. The van der Waals surface area contributed by atoms with E-state index >= 15 is 0 Å². The minimum atomic E-state index is -4.64. The van der Waals surface area contributed by atoms with E-state index in [1.807, 2.05) is 24.3 Å². The summed E-state index contributed by atoms with van der Waals surface area (Å²) in [5, 5.41) is 2.67. The van der Waals surface area contributed by atoms with Crippen molar-refractivity contribution in [3.05, 3.63) is 65.2 Å². The fourth-order valence-electron chi connectivity index (χ4n) is 3.74. The van der Waals surface area contributed by atoms with Gasteiger partial charge in [-0.15, -0.1) is 0 Å². The number of hydrogen-bond acceptors (Lipinski definition) is 5. The maximum atomic E-state index is 13.1. The number of ether oxygens (including phenoxy) is 1. The molecule has 0 bridgehead atoms. The monoisotopic (exact) mass is 499 g/mol. The Balaban J connectivity index is 1.66. The molecule has 1 atom stereocenters. The van der Waals surface area contributed by atoms with Gasteiger partial charge in [-0.1, -0.05) is 30.3 Å². The molecule has 11 heteroatoms. The van der Waals surface area contributed by atoms with E-state index in [2.05, 4.69) is 10.2 Å². The Kier molecular flexibility index (Phi) is 8.21. The number of benzene rings is 2. The number of nitrogens with zero attached hydrogens (tertiary/aromatic N) is 2. The molecule has 34 heavy (non-hydrogen) atoms. The normalized spacial score (nSPS) is 16.1. The number of amides is 1. The van der Waals surface area contributed by atoms with Crippen LogP contribution in [0.15, 0.2) is 48.5 Å². The van der Waals surface area contributed by atoms with Gasteiger partial charge in [-0.2, -0.15) is 13.2 Å². The van der Waals surface area contributed by atoms with Crippen molar-refractivity contribution in [3.63, 3.8) is 0 Å². The minimum Gasteiger partial charge on any atom is -0.379 e. The predicted octanol–water partition coefficient (Wildman–Crippen LogP) is 3.01. The van der Waals surface area contributed by atoms with Crippen molar-refractivity contribution in [3.8, 4) is 0 Å². The summed E-state index contributed by atoms with van der Waals surface area (Å²) in [5.41, 5.74) is 0.713. The Morgan fingerprint density at radius 2 is 1.74 bits per heavy atom. The van der Waals surface area contributed by atoms with Crippen LogP contribution in [-0.2, 0) is 38.8 Å². The van der Waals surface area contributed by atoms with Crippen molar-refractivity contribution in [1.82, 2.24) is 10.2 Å². The molecule has 1 aliphatic rings. The van der Waals surface area contributed by atoms with Crippen molar-refractivity contribution in [1.29, 1.82) is 0 Å². The Hall–Kier alpha value is -2.63. The molecule has 7 nitrogen and oxygen atoms in total. The van der Waals surface area contributed by atoms with Gasteiger partial charge in [0.15, 0.2) is 0 Å². The van der Waals surface area contributed by atoms with Gasteiger partial charge in [0.25, 0.3) is 0 Å². The largest absolute Gasteiger partial charge is 0.416 e. The maximum absolute atomic E-state index is 13.1. The zero-order valence-electron chi connectivity index (χ0n) is 19.0. The van der Waals surface area contributed by atoms with Crippen LogP contribution in [-0.4, -0.2) is 57.8 Å². The molecule has 1 saturated heterocycles. The third kappa shape index (κ3) is 6.94. The lowest BCUT2D eigenvalue weighted by Gasteiger charge is -2.28. The first kappa shape index (κ1) is 26.0. The molecule has 1 fully saturated rings. The average Bonchev–Trinajstić information content (AvgIpc) is 2.78. The molecule has 0 saturated carbocycles. The standard InChI is InChI=1S/C23H28F3N3O4S/c1-17(29(34(2,31)32)21-5-3-4-20(14-21)23(24,25)26)22(30)27-15-18-6-8-19(9-7-18)16-28-10-12-33-13-11-28/h3-9,14,17H,10-13,15-16H2,1-2H3,(H,27,30). The summed E-state index contributed by atoms with van der Waals surface area (Å²) in [6.07, 6.45) is -3.79. The van der Waals surface area contributed by atoms with Crippen LogP contribution in [0, 0.1) is 0 Å². The third-order valence-corrected chi connectivity index (χ3v) is 6.76. The number of halogens is 3. The van der Waals surface area contributed by atoms with Gasteiger partial charge < -0.3 is 10.1 Å². The van der Waals surface area contributed by atoms with E-state index in [-0.39, 0.29) is 12.2 Å². The van der Waals surface area contributed by atoms with E-state index < -0.39 is 33.7 Å². The van der Waals surface area contributed by atoms with Gasteiger partial charge >= 0.3 is 6.18 Å². The van der Waals surface area contributed by atoms with Crippen LogP contribution < -0.4 is 9.62 Å². The van der Waals surface area contributed by atoms with Gasteiger partial charge in [-0.05, 0) is 36.2 Å². The molecule has 0 aliphatic carbocycles. The molecule has 0 radical (unpaired) electrons. The molecule has 0 spiro atoms.